The van der Waals surface area contributed by atoms with Crippen LogP contribution in [0.2, 0.25) is 0 Å². The number of benzene rings is 2. The van der Waals surface area contributed by atoms with Crippen molar-refractivity contribution in [3.63, 3.8) is 0 Å². The Hall–Kier alpha value is -3.26. The highest BCUT2D eigenvalue weighted by Crippen LogP contribution is 2.56. The fourth-order valence-corrected chi connectivity index (χ4v) is 3.95. The Balaban J connectivity index is 0.00000210. The van der Waals surface area contributed by atoms with Crippen molar-refractivity contribution >= 4 is 0 Å². The molecule has 29 heavy (non-hydrogen) atoms. The van der Waals surface area contributed by atoms with Crippen molar-refractivity contribution < 1.29 is 10.2 Å². The molecular weight excluding hydrogens is 356 g/mol. The van der Waals surface area contributed by atoms with E-state index in [-0.39, 0.29) is 26.4 Å². The quantitative estimate of drug-likeness (QED) is 0.405. The minimum atomic E-state index is -0.578. The summed E-state index contributed by atoms with van der Waals surface area (Å²) in [5.74, 6) is 0.229. The first-order valence-corrected chi connectivity index (χ1v) is 8.88. The van der Waals surface area contributed by atoms with Gasteiger partial charge in [-0.1, -0.05) is 94.3 Å². The first-order chi connectivity index (χ1) is 12.9. The van der Waals surface area contributed by atoms with Gasteiger partial charge >= 0.3 is 0 Å². The van der Waals surface area contributed by atoms with Gasteiger partial charge in [-0.2, -0.15) is 0 Å². The van der Waals surface area contributed by atoms with Crippen LogP contribution < -0.4 is 0 Å². The Labute approximate surface area is 175 Å². The average Bonchev–Trinajstić information content (AvgIpc) is 2.96. The molecule has 0 bridgehead atoms. The molecule has 2 aromatic rings. The molecule has 0 unspecified atom stereocenters. The number of allylic oxidation sites excluding steroid dienone is 7. The first-order valence-electron chi connectivity index (χ1n) is 8.88. The van der Waals surface area contributed by atoms with Gasteiger partial charge in [-0.05, 0) is 53.8 Å². The van der Waals surface area contributed by atoms with Crippen LogP contribution in [0.4, 0.5) is 0 Å². The highest BCUT2D eigenvalue weighted by atomic mass is 16.3. The van der Waals surface area contributed by atoms with E-state index in [1.165, 1.54) is 11.1 Å². The molecular formula is C27H32O2. The molecule has 3 rings (SSSR count). The Kier molecular flexibility index (Phi) is 7.62. The summed E-state index contributed by atoms with van der Waals surface area (Å²) in [6.07, 6.45) is 7.01. The largest absolute Gasteiger partial charge is 0.513 e. The van der Waals surface area contributed by atoms with E-state index in [1.54, 1.807) is 19.1 Å². The third-order valence-corrected chi connectivity index (χ3v) is 5.08. The lowest BCUT2D eigenvalue weighted by atomic mass is 9.67. The van der Waals surface area contributed by atoms with E-state index in [0.717, 1.165) is 22.3 Å². The zero-order chi connectivity index (χ0) is 19.6. The molecule has 0 aromatic heterocycles. The van der Waals surface area contributed by atoms with E-state index in [2.05, 4.69) is 37.4 Å². The molecule has 1 aliphatic carbocycles. The minimum Gasteiger partial charge on any atom is -0.513 e. The zero-order valence-electron chi connectivity index (χ0n) is 15.7. The van der Waals surface area contributed by atoms with Gasteiger partial charge in [0.1, 0.15) is 5.76 Å². The molecule has 2 heteroatoms. The van der Waals surface area contributed by atoms with E-state index in [4.69, 9.17) is 0 Å². The van der Waals surface area contributed by atoms with Gasteiger partial charge < -0.3 is 10.2 Å². The maximum atomic E-state index is 9.67. The fourth-order valence-electron chi connectivity index (χ4n) is 3.95. The molecule has 0 fully saturated rings. The molecule has 2 N–H and O–H groups in total. The van der Waals surface area contributed by atoms with Crippen LogP contribution in [-0.4, -0.2) is 10.2 Å². The number of hydrogen-bond donors (Lipinski definition) is 2. The van der Waals surface area contributed by atoms with Gasteiger partial charge in [-0.15, -0.1) is 0 Å². The van der Waals surface area contributed by atoms with E-state index >= 15 is 0 Å². The van der Waals surface area contributed by atoms with Crippen LogP contribution >= 0.6 is 0 Å². The van der Waals surface area contributed by atoms with E-state index in [0.29, 0.717) is 0 Å². The minimum absolute atomic E-state index is 0. The molecule has 0 heterocycles. The topological polar surface area (TPSA) is 40.5 Å². The summed E-state index contributed by atoms with van der Waals surface area (Å²) in [6.45, 7) is 11.6. The Morgan fingerprint density at radius 3 is 1.72 bits per heavy atom. The highest BCUT2D eigenvalue weighted by molar-refractivity contribution is 5.86. The van der Waals surface area contributed by atoms with E-state index in [1.807, 2.05) is 43.3 Å². The molecule has 0 aliphatic heterocycles. The molecule has 2 aromatic carbocycles. The third-order valence-electron chi connectivity index (χ3n) is 5.08. The Morgan fingerprint density at radius 1 is 0.793 bits per heavy atom. The second-order valence-corrected chi connectivity index (χ2v) is 6.85. The van der Waals surface area contributed by atoms with Crippen molar-refractivity contribution in [2.75, 3.05) is 0 Å². The van der Waals surface area contributed by atoms with Crippen LogP contribution in [0.15, 0.2) is 109 Å². The van der Waals surface area contributed by atoms with Crippen LogP contribution in [0.1, 0.15) is 39.8 Å². The monoisotopic (exact) mass is 388 g/mol. The Bertz CT molecular complexity index is 953. The summed E-state index contributed by atoms with van der Waals surface area (Å²) in [7, 11) is 0. The number of aliphatic hydroxyl groups excluding tert-OH is 2. The van der Waals surface area contributed by atoms with Crippen LogP contribution in [0, 0.1) is 0 Å². The van der Waals surface area contributed by atoms with Crippen LogP contribution in [-0.2, 0) is 5.41 Å². The normalized spacial score (nSPS) is 14.4. The van der Waals surface area contributed by atoms with Gasteiger partial charge in [0.05, 0.1) is 11.2 Å². The second-order valence-electron chi connectivity index (χ2n) is 6.85. The summed E-state index contributed by atoms with van der Waals surface area (Å²) in [6, 6.07) is 16.6. The molecule has 0 amide bonds. The summed E-state index contributed by atoms with van der Waals surface area (Å²) >= 11 is 0. The van der Waals surface area contributed by atoms with Gasteiger partial charge in [0, 0.05) is 0 Å². The predicted molar refractivity (Wildman–Crippen MR) is 126 cm³/mol. The fraction of sp³-hybridized carbons (Fsp3) is 0.185. The van der Waals surface area contributed by atoms with Crippen molar-refractivity contribution in [3.05, 3.63) is 120 Å². The standard InChI is InChI=1S/C25H24O2.2CH4/c1-17(13-15-19(3)26)25(18(2)14-16-20(4)27)23-11-7-5-9-21(23)22-10-6-8-12-24(22)25;;/h5-16,26-27H,1,3H2,2,4H3;2*1H4/b15-13-,18-14+,20-16+;;. The van der Waals surface area contributed by atoms with Crippen molar-refractivity contribution in [3.8, 4) is 11.1 Å². The molecule has 152 valence electrons. The van der Waals surface area contributed by atoms with Gasteiger partial charge in [0.15, 0.2) is 0 Å². The molecule has 0 spiro atoms. The molecule has 0 saturated carbocycles. The van der Waals surface area contributed by atoms with Crippen LogP contribution in [0.25, 0.3) is 11.1 Å². The SMILES string of the molecule is C.C.C=C(O)/C=C\C(=C)C1(/C(C)=C/C=C(\C)O)c2ccccc2-c2ccccc21. The van der Waals surface area contributed by atoms with Gasteiger partial charge in [0.2, 0.25) is 0 Å². The van der Waals surface area contributed by atoms with E-state index < -0.39 is 5.41 Å². The number of aliphatic hydroxyl groups is 2. The molecule has 0 radical (unpaired) electrons. The summed E-state index contributed by atoms with van der Waals surface area (Å²) in [5, 5.41) is 19.2. The third kappa shape index (κ3) is 3.97. The maximum Gasteiger partial charge on any atom is 0.108 e. The van der Waals surface area contributed by atoms with Crippen molar-refractivity contribution in [2.24, 2.45) is 0 Å². The number of rotatable bonds is 5. The van der Waals surface area contributed by atoms with Gasteiger partial charge in [-0.25, -0.2) is 0 Å². The second kappa shape index (κ2) is 9.29. The zero-order valence-corrected chi connectivity index (χ0v) is 15.7. The lowest BCUT2D eigenvalue weighted by Crippen LogP contribution is -2.28. The molecule has 0 atom stereocenters. The smallest absolute Gasteiger partial charge is 0.108 e. The maximum absolute atomic E-state index is 9.67. The summed E-state index contributed by atoms with van der Waals surface area (Å²) < 4.78 is 0. The summed E-state index contributed by atoms with van der Waals surface area (Å²) in [5.41, 5.74) is 5.90. The highest BCUT2D eigenvalue weighted by Gasteiger charge is 2.45. The van der Waals surface area contributed by atoms with Gasteiger partial charge in [-0.3, -0.25) is 0 Å². The van der Waals surface area contributed by atoms with Crippen molar-refractivity contribution in [1.82, 2.24) is 0 Å². The van der Waals surface area contributed by atoms with Crippen LogP contribution in [0.5, 0.6) is 0 Å². The summed E-state index contributed by atoms with van der Waals surface area (Å²) in [4.78, 5) is 0. The average molecular weight is 389 g/mol. The van der Waals surface area contributed by atoms with E-state index in [9.17, 15) is 10.2 Å². The first kappa shape index (κ1) is 23.8. The lowest BCUT2D eigenvalue weighted by molar-refractivity contribution is 0.414. The van der Waals surface area contributed by atoms with Gasteiger partial charge in [0.25, 0.3) is 0 Å². The number of hydrogen-bond acceptors (Lipinski definition) is 2. The predicted octanol–water partition coefficient (Wildman–Crippen LogP) is 7.82. The molecule has 0 saturated heterocycles. The number of fused-ring (bicyclic) bond motifs is 3. The molecule has 2 nitrogen and oxygen atoms in total. The van der Waals surface area contributed by atoms with Crippen molar-refractivity contribution in [2.45, 2.75) is 34.1 Å². The lowest BCUT2D eigenvalue weighted by Gasteiger charge is -2.34. The van der Waals surface area contributed by atoms with Crippen molar-refractivity contribution in [1.29, 1.82) is 0 Å². The van der Waals surface area contributed by atoms with Crippen LogP contribution in [0.3, 0.4) is 0 Å². The molecule has 1 aliphatic rings. The Morgan fingerprint density at radius 2 is 1.28 bits per heavy atom.